The minimum atomic E-state index is 0.592. The Kier molecular flexibility index (Phi) is 3.74. The summed E-state index contributed by atoms with van der Waals surface area (Å²) in [5.41, 5.74) is 0. The molecule has 1 fully saturated rings. The lowest BCUT2D eigenvalue weighted by molar-refractivity contribution is 0.185. The zero-order valence-corrected chi connectivity index (χ0v) is 10.8. The second-order valence-electron chi connectivity index (χ2n) is 3.67. The minimum absolute atomic E-state index is 0.592. The summed E-state index contributed by atoms with van der Waals surface area (Å²) in [5.74, 6) is 2.42. The molecule has 0 radical (unpaired) electrons. The molecule has 2 rings (SSSR count). The number of nitrogens with one attached hydrogen (secondary N) is 1. The van der Waals surface area contributed by atoms with E-state index < -0.39 is 0 Å². The first kappa shape index (κ1) is 11.1. The topological polar surface area (TPSA) is 47.0 Å². The van der Waals surface area contributed by atoms with Crippen LogP contribution in [0.5, 0.6) is 0 Å². The number of rotatable bonds is 3. The number of hydrogen-bond donors (Lipinski definition) is 1. The maximum Gasteiger partial charge on any atom is 0.142 e. The molecular weight excluding hydrogens is 305 g/mol. The first-order valence-electron chi connectivity index (χ1n) is 5.06. The smallest absolute Gasteiger partial charge is 0.142 e. The highest BCUT2D eigenvalue weighted by molar-refractivity contribution is 14.1. The van der Waals surface area contributed by atoms with Gasteiger partial charge in [-0.3, -0.25) is 0 Å². The van der Waals surface area contributed by atoms with Gasteiger partial charge in [0.05, 0.1) is 3.57 Å². The van der Waals surface area contributed by atoms with E-state index in [2.05, 4.69) is 37.9 Å². The van der Waals surface area contributed by atoms with E-state index in [-0.39, 0.29) is 0 Å². The van der Waals surface area contributed by atoms with Crippen molar-refractivity contribution in [2.75, 3.05) is 25.6 Å². The fourth-order valence-electron chi connectivity index (χ4n) is 1.68. The standard InChI is InChI=1S/C10H14IN3O/c1-12-10-8(11)5-13-9(14-10)4-7-2-3-15-6-7/h5,7H,2-4,6H2,1H3,(H,12,13,14). The summed E-state index contributed by atoms with van der Waals surface area (Å²) in [7, 11) is 1.88. The van der Waals surface area contributed by atoms with Crippen LogP contribution in [0.2, 0.25) is 0 Å². The lowest BCUT2D eigenvalue weighted by Gasteiger charge is -2.08. The van der Waals surface area contributed by atoms with Gasteiger partial charge in [-0.1, -0.05) is 0 Å². The van der Waals surface area contributed by atoms with Gasteiger partial charge < -0.3 is 10.1 Å². The van der Waals surface area contributed by atoms with E-state index in [0.29, 0.717) is 5.92 Å². The first-order chi connectivity index (χ1) is 7.29. The second-order valence-corrected chi connectivity index (χ2v) is 4.83. The van der Waals surface area contributed by atoms with E-state index >= 15 is 0 Å². The molecule has 1 aliphatic heterocycles. The molecule has 1 unspecified atom stereocenters. The summed E-state index contributed by atoms with van der Waals surface area (Å²) in [5, 5.41) is 3.07. The quantitative estimate of drug-likeness (QED) is 0.862. The van der Waals surface area contributed by atoms with E-state index in [0.717, 1.165) is 41.3 Å². The Morgan fingerprint density at radius 3 is 3.20 bits per heavy atom. The average Bonchev–Trinajstić information content (AvgIpc) is 2.73. The maximum absolute atomic E-state index is 5.34. The highest BCUT2D eigenvalue weighted by Gasteiger charge is 2.17. The number of nitrogens with zero attached hydrogens (tertiary/aromatic N) is 2. The van der Waals surface area contributed by atoms with Gasteiger partial charge in [-0.15, -0.1) is 0 Å². The van der Waals surface area contributed by atoms with Crippen LogP contribution < -0.4 is 5.32 Å². The van der Waals surface area contributed by atoms with E-state index in [1.165, 1.54) is 0 Å². The van der Waals surface area contributed by atoms with Crippen molar-refractivity contribution in [1.29, 1.82) is 0 Å². The van der Waals surface area contributed by atoms with Gasteiger partial charge in [-0.2, -0.15) is 0 Å². The Morgan fingerprint density at radius 1 is 1.67 bits per heavy atom. The van der Waals surface area contributed by atoms with Crippen LogP contribution in [0.15, 0.2) is 6.20 Å². The highest BCUT2D eigenvalue weighted by atomic mass is 127. The molecule has 1 aromatic rings. The van der Waals surface area contributed by atoms with Gasteiger partial charge in [-0.25, -0.2) is 9.97 Å². The Bertz CT molecular complexity index is 339. The van der Waals surface area contributed by atoms with E-state index in [1.807, 2.05) is 13.2 Å². The molecule has 0 aromatic carbocycles. The van der Waals surface area contributed by atoms with Crippen molar-refractivity contribution >= 4 is 28.4 Å². The summed E-state index contributed by atoms with van der Waals surface area (Å²) in [6.07, 6.45) is 3.92. The molecule has 5 heteroatoms. The van der Waals surface area contributed by atoms with Gasteiger partial charge in [0, 0.05) is 32.9 Å². The number of halogens is 1. The number of anilines is 1. The van der Waals surface area contributed by atoms with Crippen molar-refractivity contribution in [2.24, 2.45) is 5.92 Å². The average molecular weight is 319 g/mol. The molecule has 4 nitrogen and oxygen atoms in total. The van der Waals surface area contributed by atoms with Gasteiger partial charge in [-0.05, 0) is 34.9 Å². The van der Waals surface area contributed by atoms with Crippen LogP contribution in [0.3, 0.4) is 0 Å². The minimum Gasteiger partial charge on any atom is -0.381 e. The van der Waals surface area contributed by atoms with Gasteiger partial charge in [0.15, 0.2) is 0 Å². The van der Waals surface area contributed by atoms with Crippen LogP contribution in [-0.4, -0.2) is 30.2 Å². The normalized spacial score (nSPS) is 20.5. The Balaban J connectivity index is 2.07. The number of aromatic nitrogens is 2. The van der Waals surface area contributed by atoms with Gasteiger partial charge in [0.1, 0.15) is 11.6 Å². The molecule has 0 saturated carbocycles. The summed E-state index contributed by atoms with van der Waals surface area (Å²) in [6, 6.07) is 0. The molecule has 15 heavy (non-hydrogen) atoms. The molecule has 0 bridgehead atoms. The Hall–Kier alpha value is -0.430. The molecule has 0 spiro atoms. The third-order valence-electron chi connectivity index (χ3n) is 2.53. The van der Waals surface area contributed by atoms with Crippen molar-refractivity contribution in [2.45, 2.75) is 12.8 Å². The summed E-state index contributed by atoms with van der Waals surface area (Å²) in [4.78, 5) is 8.81. The predicted octanol–water partition coefficient (Wildman–Crippen LogP) is 1.70. The third kappa shape index (κ3) is 2.78. The molecule has 0 amide bonds. The fourth-order valence-corrected chi connectivity index (χ4v) is 2.21. The lowest BCUT2D eigenvalue weighted by atomic mass is 10.1. The number of ether oxygens (including phenoxy) is 1. The van der Waals surface area contributed by atoms with E-state index in [1.54, 1.807) is 0 Å². The molecule has 1 aliphatic rings. The fraction of sp³-hybridized carbons (Fsp3) is 0.600. The summed E-state index contributed by atoms with van der Waals surface area (Å²) < 4.78 is 6.39. The van der Waals surface area contributed by atoms with Crippen LogP contribution in [-0.2, 0) is 11.2 Å². The summed E-state index contributed by atoms with van der Waals surface area (Å²) in [6.45, 7) is 1.73. The molecule has 0 aliphatic carbocycles. The van der Waals surface area contributed by atoms with Crippen molar-refractivity contribution in [3.05, 3.63) is 15.6 Å². The maximum atomic E-state index is 5.34. The lowest BCUT2D eigenvalue weighted by Crippen LogP contribution is -2.09. The zero-order valence-electron chi connectivity index (χ0n) is 8.66. The van der Waals surface area contributed by atoms with E-state index in [4.69, 9.17) is 4.74 Å². The molecule has 1 saturated heterocycles. The third-order valence-corrected chi connectivity index (χ3v) is 3.32. The number of hydrogen-bond acceptors (Lipinski definition) is 4. The SMILES string of the molecule is CNc1nc(CC2CCOC2)ncc1I. The molecule has 1 atom stereocenters. The molecule has 2 heterocycles. The highest BCUT2D eigenvalue weighted by Crippen LogP contribution is 2.19. The van der Waals surface area contributed by atoms with Crippen molar-refractivity contribution in [3.63, 3.8) is 0 Å². The van der Waals surface area contributed by atoms with Crippen LogP contribution >= 0.6 is 22.6 Å². The first-order valence-corrected chi connectivity index (χ1v) is 6.14. The zero-order chi connectivity index (χ0) is 10.7. The molecule has 82 valence electrons. The van der Waals surface area contributed by atoms with E-state index in [9.17, 15) is 0 Å². The molecular formula is C10H14IN3O. The van der Waals surface area contributed by atoms with Crippen molar-refractivity contribution < 1.29 is 4.74 Å². The Morgan fingerprint density at radius 2 is 2.53 bits per heavy atom. The van der Waals surface area contributed by atoms with Gasteiger partial charge in [0.2, 0.25) is 0 Å². The molecule has 1 N–H and O–H groups in total. The van der Waals surface area contributed by atoms with Gasteiger partial charge >= 0.3 is 0 Å². The second kappa shape index (κ2) is 5.07. The largest absolute Gasteiger partial charge is 0.381 e. The predicted molar refractivity (Wildman–Crippen MR) is 66.9 cm³/mol. The van der Waals surface area contributed by atoms with Crippen molar-refractivity contribution in [3.8, 4) is 0 Å². The van der Waals surface area contributed by atoms with Crippen molar-refractivity contribution in [1.82, 2.24) is 9.97 Å². The van der Waals surface area contributed by atoms with Gasteiger partial charge in [0.25, 0.3) is 0 Å². The Labute approximate surface area is 103 Å². The van der Waals surface area contributed by atoms with Crippen LogP contribution in [0.25, 0.3) is 0 Å². The van der Waals surface area contributed by atoms with Crippen LogP contribution in [0.1, 0.15) is 12.2 Å². The molecule has 1 aromatic heterocycles. The van der Waals surface area contributed by atoms with Crippen LogP contribution in [0, 0.1) is 9.49 Å². The summed E-state index contributed by atoms with van der Waals surface area (Å²) >= 11 is 2.23. The monoisotopic (exact) mass is 319 g/mol. The van der Waals surface area contributed by atoms with Crippen LogP contribution in [0.4, 0.5) is 5.82 Å².